The number of hydrogen-bond donors (Lipinski definition) is 1. The van der Waals surface area contributed by atoms with Crippen LogP contribution in [0.25, 0.3) is 0 Å². The number of amides is 2. The zero-order valence-corrected chi connectivity index (χ0v) is 7.85. The molecule has 0 radical (unpaired) electrons. The SMILES string of the molecule is CN(C(=O)N[SiH3])C1CC1. The first kappa shape index (κ1) is 6.60. The summed E-state index contributed by atoms with van der Waals surface area (Å²) in [7, 11) is 2.61. The summed E-state index contributed by atoms with van der Waals surface area (Å²) in [6, 6.07) is 0.628. The summed E-state index contributed by atoms with van der Waals surface area (Å²) in [6.07, 6.45) is 2.37. The van der Waals surface area contributed by atoms with Crippen LogP contribution < -0.4 is 4.98 Å². The van der Waals surface area contributed by atoms with Crippen LogP contribution in [-0.4, -0.2) is 34.4 Å². The smallest absolute Gasteiger partial charge is 0.308 e. The molecule has 0 aromatic rings. The molecular weight excluding hydrogens is 132 g/mol. The molecule has 2 amide bonds. The van der Waals surface area contributed by atoms with Gasteiger partial charge in [-0.15, -0.1) is 0 Å². The van der Waals surface area contributed by atoms with Crippen LogP contribution in [-0.2, 0) is 0 Å². The molecule has 1 aliphatic rings. The molecule has 3 nitrogen and oxygen atoms in total. The number of urea groups is 1. The number of rotatable bonds is 1. The lowest BCUT2D eigenvalue weighted by atomic mass is 10.6. The maximum atomic E-state index is 10.8. The molecule has 0 saturated heterocycles. The van der Waals surface area contributed by atoms with Crippen LogP contribution in [0.3, 0.4) is 0 Å². The monoisotopic (exact) mass is 144 g/mol. The van der Waals surface area contributed by atoms with E-state index in [4.69, 9.17) is 0 Å². The van der Waals surface area contributed by atoms with Crippen LogP contribution in [0, 0.1) is 0 Å². The van der Waals surface area contributed by atoms with Gasteiger partial charge in [0.15, 0.2) is 0 Å². The third kappa shape index (κ3) is 1.45. The molecular formula is C5H12N2OSi. The summed E-state index contributed by atoms with van der Waals surface area (Å²) in [5.74, 6) is 0. The summed E-state index contributed by atoms with van der Waals surface area (Å²) < 4.78 is 0. The van der Waals surface area contributed by atoms with E-state index in [1.807, 2.05) is 7.05 Å². The van der Waals surface area contributed by atoms with Crippen molar-refractivity contribution >= 4 is 16.4 Å². The lowest BCUT2D eigenvalue weighted by Crippen LogP contribution is -2.37. The zero-order valence-electron chi connectivity index (χ0n) is 5.85. The third-order valence-corrected chi connectivity index (χ3v) is 2.06. The van der Waals surface area contributed by atoms with Crippen molar-refractivity contribution in [2.75, 3.05) is 7.05 Å². The topological polar surface area (TPSA) is 32.3 Å². The first-order valence-corrected chi connectivity index (χ1v) is 4.20. The Morgan fingerprint density at radius 2 is 2.33 bits per heavy atom. The minimum absolute atomic E-state index is 0.0872. The highest BCUT2D eigenvalue weighted by Gasteiger charge is 2.28. The van der Waals surface area contributed by atoms with E-state index in [2.05, 4.69) is 4.98 Å². The molecule has 1 aliphatic carbocycles. The maximum Gasteiger partial charge on any atom is 0.308 e. The van der Waals surface area contributed by atoms with Gasteiger partial charge in [-0.25, -0.2) is 4.79 Å². The Bertz CT molecular complexity index is 124. The van der Waals surface area contributed by atoms with Crippen molar-refractivity contribution in [1.82, 2.24) is 9.88 Å². The van der Waals surface area contributed by atoms with E-state index < -0.39 is 0 Å². The van der Waals surface area contributed by atoms with E-state index in [1.54, 1.807) is 4.90 Å². The molecule has 0 spiro atoms. The fourth-order valence-electron chi connectivity index (χ4n) is 0.804. The Morgan fingerprint density at radius 1 is 1.78 bits per heavy atom. The van der Waals surface area contributed by atoms with Crippen molar-refractivity contribution in [3.05, 3.63) is 0 Å². The number of carbonyl (C=O) groups is 1. The van der Waals surface area contributed by atoms with Crippen LogP contribution in [0.2, 0.25) is 0 Å². The highest BCUT2D eigenvalue weighted by atomic mass is 28.2. The van der Waals surface area contributed by atoms with E-state index >= 15 is 0 Å². The third-order valence-electron chi connectivity index (χ3n) is 1.63. The lowest BCUT2D eigenvalue weighted by molar-refractivity contribution is 0.213. The molecule has 1 rings (SSSR count). The molecule has 1 fully saturated rings. The van der Waals surface area contributed by atoms with Crippen LogP contribution >= 0.6 is 0 Å². The molecule has 0 aliphatic heterocycles. The zero-order chi connectivity index (χ0) is 6.85. The quantitative estimate of drug-likeness (QED) is 0.474. The van der Waals surface area contributed by atoms with Crippen LogP contribution in [0.15, 0.2) is 0 Å². The van der Waals surface area contributed by atoms with Gasteiger partial charge in [-0.3, -0.25) is 0 Å². The van der Waals surface area contributed by atoms with Crippen molar-refractivity contribution in [1.29, 1.82) is 0 Å². The van der Waals surface area contributed by atoms with Gasteiger partial charge < -0.3 is 9.88 Å². The second-order valence-corrected chi connectivity index (χ2v) is 2.90. The van der Waals surface area contributed by atoms with Gasteiger partial charge in [-0.05, 0) is 12.8 Å². The molecule has 0 aromatic heterocycles. The minimum atomic E-state index is 0.0872. The molecule has 0 bridgehead atoms. The molecule has 0 heterocycles. The molecule has 0 unspecified atom stereocenters. The van der Waals surface area contributed by atoms with Gasteiger partial charge in [0.05, 0.1) is 0 Å². The second kappa shape index (κ2) is 2.39. The van der Waals surface area contributed by atoms with Crippen molar-refractivity contribution in [3.63, 3.8) is 0 Å². The summed E-state index contributed by atoms with van der Waals surface area (Å²) in [5.41, 5.74) is 0. The Labute approximate surface area is 57.9 Å². The molecule has 1 saturated carbocycles. The number of nitrogens with one attached hydrogen (secondary N) is 1. The van der Waals surface area contributed by atoms with Crippen molar-refractivity contribution in [2.45, 2.75) is 18.9 Å². The van der Waals surface area contributed by atoms with Crippen molar-refractivity contribution in [3.8, 4) is 0 Å². The average molecular weight is 144 g/mol. The summed E-state index contributed by atoms with van der Waals surface area (Å²) >= 11 is 0. The molecule has 1 N–H and O–H groups in total. The van der Waals surface area contributed by atoms with E-state index in [0.717, 1.165) is 10.4 Å². The minimum Gasteiger partial charge on any atom is -0.373 e. The van der Waals surface area contributed by atoms with Gasteiger partial charge in [0.2, 0.25) is 0 Å². The summed E-state index contributed by atoms with van der Waals surface area (Å²) in [4.78, 5) is 15.3. The standard InChI is InChI=1S/C5H12N2OSi/c1-7(4-2-3-4)5(8)6-9/h4H,2-3H2,1,9H3,(H,6,8). The van der Waals surface area contributed by atoms with Gasteiger partial charge in [-0.2, -0.15) is 0 Å². The van der Waals surface area contributed by atoms with Crippen molar-refractivity contribution < 1.29 is 4.79 Å². The Morgan fingerprint density at radius 3 is 2.67 bits per heavy atom. The van der Waals surface area contributed by atoms with Gasteiger partial charge in [0.25, 0.3) is 0 Å². The van der Waals surface area contributed by atoms with Gasteiger partial charge in [0.1, 0.15) is 10.4 Å². The first-order valence-electron chi connectivity index (χ1n) is 3.20. The fourth-order valence-corrected chi connectivity index (χ4v) is 1.16. The fraction of sp³-hybridized carbons (Fsp3) is 0.800. The Hall–Kier alpha value is -0.513. The van der Waals surface area contributed by atoms with Crippen LogP contribution in [0.1, 0.15) is 12.8 Å². The van der Waals surface area contributed by atoms with Gasteiger partial charge >= 0.3 is 6.03 Å². The highest BCUT2D eigenvalue weighted by molar-refractivity contribution is 6.13. The number of hydrogen-bond acceptors (Lipinski definition) is 1. The largest absolute Gasteiger partial charge is 0.373 e. The van der Waals surface area contributed by atoms with E-state index in [9.17, 15) is 4.79 Å². The van der Waals surface area contributed by atoms with Gasteiger partial charge in [-0.1, -0.05) is 0 Å². The van der Waals surface area contributed by atoms with E-state index in [1.165, 1.54) is 12.8 Å². The predicted molar refractivity (Wildman–Crippen MR) is 39.3 cm³/mol. The van der Waals surface area contributed by atoms with Crippen LogP contribution in [0.5, 0.6) is 0 Å². The molecule has 52 valence electrons. The lowest BCUT2D eigenvalue weighted by Gasteiger charge is -2.14. The van der Waals surface area contributed by atoms with Crippen LogP contribution in [0.4, 0.5) is 4.79 Å². The summed E-state index contributed by atoms with van der Waals surface area (Å²) in [6.45, 7) is 0. The average Bonchev–Trinajstić information content (AvgIpc) is 2.66. The Balaban J connectivity index is 2.30. The first-order chi connectivity index (χ1) is 4.25. The van der Waals surface area contributed by atoms with Crippen molar-refractivity contribution in [2.24, 2.45) is 0 Å². The molecule has 0 atom stereocenters. The highest BCUT2D eigenvalue weighted by Crippen LogP contribution is 2.24. The van der Waals surface area contributed by atoms with E-state index in [-0.39, 0.29) is 6.03 Å². The Kier molecular flexibility index (Phi) is 1.75. The predicted octanol–water partition coefficient (Wildman–Crippen LogP) is -0.929. The molecule has 0 aromatic carbocycles. The van der Waals surface area contributed by atoms with Gasteiger partial charge in [0, 0.05) is 13.1 Å². The molecule has 4 heteroatoms. The number of nitrogens with zero attached hydrogens (tertiary/aromatic N) is 1. The number of carbonyl (C=O) groups excluding carboxylic acids is 1. The summed E-state index contributed by atoms with van der Waals surface area (Å²) in [5, 5.41) is 0. The normalized spacial score (nSPS) is 17.4. The second-order valence-electron chi connectivity index (χ2n) is 2.40. The molecule has 9 heavy (non-hydrogen) atoms. The van der Waals surface area contributed by atoms with E-state index in [0.29, 0.717) is 6.04 Å². The maximum absolute atomic E-state index is 10.8.